The summed E-state index contributed by atoms with van der Waals surface area (Å²) in [5.41, 5.74) is 0.00902. The molecule has 0 bridgehead atoms. The van der Waals surface area contributed by atoms with E-state index < -0.39 is 11.7 Å². The Morgan fingerprint density at radius 2 is 1.85 bits per heavy atom. The molecule has 0 saturated heterocycles. The van der Waals surface area contributed by atoms with Crippen LogP contribution in [0.25, 0.3) is 0 Å². The van der Waals surface area contributed by atoms with Gasteiger partial charge in [0.2, 0.25) is 0 Å². The number of hydrogen-bond donors (Lipinski definition) is 3. The van der Waals surface area contributed by atoms with Gasteiger partial charge >= 0.3 is 6.18 Å². The number of halogens is 3. The number of guanidine groups is 1. The third kappa shape index (κ3) is 5.48. The van der Waals surface area contributed by atoms with Crippen molar-refractivity contribution in [3.05, 3.63) is 35.4 Å². The van der Waals surface area contributed by atoms with Gasteiger partial charge in [-0.15, -0.1) is 0 Å². The van der Waals surface area contributed by atoms with E-state index in [2.05, 4.69) is 15.6 Å². The minimum absolute atomic E-state index is 0.0231. The second-order valence-corrected chi connectivity index (χ2v) is 4.04. The highest BCUT2D eigenvalue weighted by atomic mass is 19.4. The van der Waals surface area contributed by atoms with Crippen molar-refractivity contribution in [3.8, 4) is 0 Å². The van der Waals surface area contributed by atoms with Crippen LogP contribution in [0, 0.1) is 0 Å². The van der Waals surface area contributed by atoms with Gasteiger partial charge in [0.15, 0.2) is 5.96 Å². The first-order chi connectivity index (χ1) is 9.47. The molecule has 3 N–H and O–H groups in total. The molecule has 0 aliphatic carbocycles. The molecule has 20 heavy (non-hydrogen) atoms. The summed E-state index contributed by atoms with van der Waals surface area (Å²) in [7, 11) is 0. The third-order valence-electron chi connectivity index (χ3n) is 2.45. The molecule has 0 spiro atoms. The number of alkyl halides is 3. The first kappa shape index (κ1) is 16.3. The molecule has 0 aliphatic rings. The Hall–Kier alpha value is -1.76. The third-order valence-corrected chi connectivity index (χ3v) is 2.45. The summed E-state index contributed by atoms with van der Waals surface area (Å²) in [4.78, 5) is 4.22. The summed E-state index contributed by atoms with van der Waals surface area (Å²) in [5, 5.41) is 14.6. The van der Waals surface area contributed by atoms with Gasteiger partial charge in [-0.1, -0.05) is 12.1 Å². The molecule has 0 saturated carbocycles. The molecule has 0 fully saturated rings. The molecule has 4 nitrogen and oxygen atoms in total. The summed E-state index contributed by atoms with van der Waals surface area (Å²) in [6.45, 7) is 3.15. The summed E-state index contributed by atoms with van der Waals surface area (Å²) in [5.74, 6) is 0.515. The Morgan fingerprint density at radius 3 is 2.35 bits per heavy atom. The maximum atomic E-state index is 12.4. The lowest BCUT2D eigenvalue weighted by molar-refractivity contribution is -0.137. The number of rotatable bonds is 5. The van der Waals surface area contributed by atoms with Crippen LogP contribution in [0.1, 0.15) is 18.1 Å². The van der Waals surface area contributed by atoms with Crippen LogP contribution in [0.2, 0.25) is 0 Å². The molecule has 0 aromatic heterocycles. The van der Waals surface area contributed by atoms with E-state index in [-0.39, 0.29) is 13.2 Å². The van der Waals surface area contributed by atoms with E-state index in [9.17, 15) is 13.2 Å². The fourth-order valence-electron chi connectivity index (χ4n) is 1.49. The van der Waals surface area contributed by atoms with Crippen LogP contribution in [-0.4, -0.2) is 30.8 Å². The van der Waals surface area contributed by atoms with Gasteiger partial charge < -0.3 is 15.7 Å². The topological polar surface area (TPSA) is 56.7 Å². The molecule has 0 amide bonds. The number of nitrogens with one attached hydrogen (secondary N) is 2. The van der Waals surface area contributed by atoms with Crippen molar-refractivity contribution >= 4 is 5.96 Å². The lowest BCUT2D eigenvalue weighted by Gasteiger charge is -2.10. The average Bonchev–Trinajstić information content (AvgIpc) is 2.41. The lowest BCUT2D eigenvalue weighted by Crippen LogP contribution is -2.38. The Labute approximate surface area is 115 Å². The zero-order valence-electron chi connectivity index (χ0n) is 11.2. The Kier molecular flexibility index (Phi) is 6.30. The lowest BCUT2D eigenvalue weighted by atomic mass is 10.1. The molecule has 1 rings (SSSR count). The Balaban J connectivity index is 2.66. The minimum Gasteiger partial charge on any atom is -0.395 e. The van der Waals surface area contributed by atoms with Gasteiger partial charge in [0.1, 0.15) is 0 Å². The number of aliphatic hydroxyl groups is 1. The van der Waals surface area contributed by atoms with Gasteiger partial charge in [0, 0.05) is 13.1 Å². The average molecular weight is 289 g/mol. The van der Waals surface area contributed by atoms with Crippen LogP contribution >= 0.6 is 0 Å². The second-order valence-electron chi connectivity index (χ2n) is 4.04. The fraction of sp³-hybridized carbons (Fsp3) is 0.462. The highest BCUT2D eigenvalue weighted by Gasteiger charge is 2.29. The summed E-state index contributed by atoms with van der Waals surface area (Å²) < 4.78 is 37.2. The highest BCUT2D eigenvalue weighted by molar-refractivity contribution is 5.79. The molecule has 0 radical (unpaired) electrons. The van der Waals surface area contributed by atoms with Crippen molar-refractivity contribution in [2.75, 3.05) is 19.7 Å². The van der Waals surface area contributed by atoms with E-state index in [4.69, 9.17) is 5.11 Å². The van der Waals surface area contributed by atoms with Crippen LogP contribution in [0.4, 0.5) is 13.2 Å². The molecule has 0 heterocycles. The SMILES string of the molecule is CCNC(=NCc1ccc(C(F)(F)F)cc1)NCCO. The largest absolute Gasteiger partial charge is 0.416 e. The van der Waals surface area contributed by atoms with Gasteiger partial charge in [-0.05, 0) is 24.6 Å². The van der Waals surface area contributed by atoms with Gasteiger partial charge in [-0.3, -0.25) is 0 Å². The monoisotopic (exact) mass is 289 g/mol. The second kappa shape index (κ2) is 7.74. The molecule has 112 valence electrons. The number of nitrogens with zero attached hydrogens (tertiary/aromatic N) is 1. The van der Waals surface area contributed by atoms with Crippen molar-refractivity contribution in [1.29, 1.82) is 0 Å². The van der Waals surface area contributed by atoms with Crippen LogP contribution < -0.4 is 10.6 Å². The first-order valence-corrected chi connectivity index (χ1v) is 6.26. The first-order valence-electron chi connectivity index (χ1n) is 6.26. The molecule has 0 atom stereocenters. The zero-order valence-corrected chi connectivity index (χ0v) is 11.2. The van der Waals surface area contributed by atoms with E-state index in [1.807, 2.05) is 6.92 Å². The predicted octanol–water partition coefficient (Wildman–Crippen LogP) is 1.75. The number of aliphatic imine (C=N–C) groups is 1. The number of benzene rings is 1. The predicted molar refractivity (Wildman–Crippen MR) is 71.3 cm³/mol. The Morgan fingerprint density at radius 1 is 1.20 bits per heavy atom. The van der Waals surface area contributed by atoms with E-state index in [1.165, 1.54) is 12.1 Å². The smallest absolute Gasteiger partial charge is 0.395 e. The van der Waals surface area contributed by atoms with Crippen molar-refractivity contribution < 1.29 is 18.3 Å². The zero-order chi connectivity index (χ0) is 15.0. The van der Waals surface area contributed by atoms with Gasteiger partial charge in [-0.25, -0.2) is 4.99 Å². The maximum Gasteiger partial charge on any atom is 0.416 e. The summed E-state index contributed by atoms with van der Waals surface area (Å²) in [6, 6.07) is 4.89. The number of aliphatic hydroxyl groups excluding tert-OH is 1. The quantitative estimate of drug-likeness (QED) is 0.572. The summed E-state index contributed by atoms with van der Waals surface area (Å²) >= 11 is 0. The van der Waals surface area contributed by atoms with Crippen LogP contribution in [-0.2, 0) is 12.7 Å². The highest BCUT2D eigenvalue weighted by Crippen LogP contribution is 2.29. The number of hydrogen-bond acceptors (Lipinski definition) is 2. The van der Waals surface area contributed by atoms with E-state index >= 15 is 0 Å². The molecule has 0 aliphatic heterocycles. The molecule has 0 unspecified atom stereocenters. The van der Waals surface area contributed by atoms with Gasteiger partial charge in [0.05, 0.1) is 18.7 Å². The van der Waals surface area contributed by atoms with Crippen LogP contribution in [0.3, 0.4) is 0 Å². The standard InChI is InChI=1S/C13H18F3N3O/c1-2-17-12(18-7-8-20)19-9-10-3-5-11(6-4-10)13(14,15)16/h3-6,20H,2,7-9H2,1H3,(H2,17,18,19). The van der Waals surface area contributed by atoms with Crippen molar-refractivity contribution in [1.82, 2.24) is 10.6 Å². The van der Waals surface area contributed by atoms with Crippen molar-refractivity contribution in [3.63, 3.8) is 0 Å². The summed E-state index contributed by atoms with van der Waals surface area (Å²) in [6.07, 6.45) is -4.32. The van der Waals surface area contributed by atoms with E-state index in [0.29, 0.717) is 24.6 Å². The van der Waals surface area contributed by atoms with Gasteiger partial charge in [0.25, 0.3) is 0 Å². The van der Waals surface area contributed by atoms with Crippen LogP contribution in [0.15, 0.2) is 29.3 Å². The normalized spacial score (nSPS) is 12.3. The van der Waals surface area contributed by atoms with Crippen LogP contribution in [0.5, 0.6) is 0 Å². The van der Waals surface area contributed by atoms with E-state index in [1.54, 1.807) is 0 Å². The molecular weight excluding hydrogens is 271 g/mol. The molecule has 7 heteroatoms. The maximum absolute atomic E-state index is 12.4. The fourth-order valence-corrected chi connectivity index (χ4v) is 1.49. The van der Waals surface area contributed by atoms with Gasteiger partial charge in [-0.2, -0.15) is 13.2 Å². The Bertz CT molecular complexity index is 429. The molecule has 1 aromatic carbocycles. The molecule has 1 aromatic rings. The minimum atomic E-state index is -4.32. The van der Waals surface area contributed by atoms with E-state index in [0.717, 1.165) is 12.1 Å². The molecular formula is C13H18F3N3O. The van der Waals surface area contributed by atoms with Crippen molar-refractivity contribution in [2.45, 2.75) is 19.6 Å². The van der Waals surface area contributed by atoms with Crippen molar-refractivity contribution in [2.24, 2.45) is 4.99 Å².